The van der Waals surface area contributed by atoms with E-state index in [1.807, 2.05) is 0 Å². The van der Waals surface area contributed by atoms with Gasteiger partial charge in [-0.2, -0.15) is 11.3 Å². The molecule has 7 heteroatoms. The minimum absolute atomic E-state index is 0.0723. The number of hydrogen-bond acceptors (Lipinski definition) is 5. The van der Waals surface area contributed by atoms with E-state index in [1.165, 1.54) is 11.3 Å². The summed E-state index contributed by atoms with van der Waals surface area (Å²) < 4.78 is 31.3. The number of benzene rings is 1. The number of nitrogen functional groups attached to an aromatic ring is 1. The van der Waals surface area contributed by atoms with E-state index in [9.17, 15) is 8.42 Å². The van der Waals surface area contributed by atoms with Gasteiger partial charge in [0.25, 0.3) is 0 Å². The van der Waals surface area contributed by atoms with E-state index in [4.69, 9.17) is 10.5 Å². The molecule has 2 rings (SSSR count). The van der Waals surface area contributed by atoms with Gasteiger partial charge in [0.05, 0.1) is 5.69 Å². The molecule has 1 heterocycles. The molecule has 0 fully saturated rings. The average molecular weight is 298 g/mol. The van der Waals surface area contributed by atoms with Crippen LogP contribution in [-0.4, -0.2) is 20.8 Å². The van der Waals surface area contributed by atoms with Gasteiger partial charge in [0.15, 0.2) is 0 Å². The van der Waals surface area contributed by atoms with Crippen molar-refractivity contribution < 1.29 is 13.2 Å². The van der Waals surface area contributed by atoms with Crippen LogP contribution in [0.15, 0.2) is 41.1 Å². The monoisotopic (exact) mass is 298 g/mol. The highest BCUT2D eigenvalue weighted by Crippen LogP contribution is 2.15. The second kappa shape index (κ2) is 5.94. The van der Waals surface area contributed by atoms with Crippen molar-refractivity contribution in [1.29, 1.82) is 0 Å². The molecule has 0 amide bonds. The fourth-order valence-electron chi connectivity index (χ4n) is 1.43. The molecule has 0 saturated carbocycles. The summed E-state index contributed by atoms with van der Waals surface area (Å²) in [7, 11) is -3.38. The van der Waals surface area contributed by atoms with Crippen LogP contribution in [0.4, 0.5) is 11.4 Å². The lowest BCUT2D eigenvalue weighted by Crippen LogP contribution is -2.21. The van der Waals surface area contributed by atoms with Gasteiger partial charge in [0.1, 0.15) is 18.1 Å². The van der Waals surface area contributed by atoms with E-state index in [1.54, 1.807) is 41.1 Å². The zero-order chi connectivity index (χ0) is 13.7. The van der Waals surface area contributed by atoms with E-state index in [2.05, 4.69) is 4.72 Å². The minimum atomic E-state index is -3.38. The summed E-state index contributed by atoms with van der Waals surface area (Å²) in [6.07, 6.45) is 0. The highest BCUT2D eigenvalue weighted by atomic mass is 32.2. The third kappa shape index (κ3) is 4.46. The van der Waals surface area contributed by atoms with Crippen LogP contribution in [0.25, 0.3) is 0 Å². The molecule has 0 unspecified atom stereocenters. The lowest BCUT2D eigenvalue weighted by atomic mass is 10.3. The summed E-state index contributed by atoms with van der Waals surface area (Å²) in [4.78, 5) is 0. The van der Waals surface area contributed by atoms with Gasteiger partial charge in [0.2, 0.25) is 10.0 Å². The Labute approximate surface area is 116 Å². The molecule has 3 N–H and O–H groups in total. The van der Waals surface area contributed by atoms with Crippen molar-refractivity contribution in [2.45, 2.75) is 0 Å². The Balaban J connectivity index is 1.85. The molecule has 5 nitrogen and oxygen atoms in total. The van der Waals surface area contributed by atoms with Crippen molar-refractivity contribution in [2.24, 2.45) is 0 Å². The van der Waals surface area contributed by atoms with E-state index in [0.29, 0.717) is 17.1 Å². The Morgan fingerprint density at radius 1 is 1.32 bits per heavy atom. The molecule has 0 aliphatic heterocycles. The Morgan fingerprint density at radius 2 is 2.16 bits per heavy atom. The number of rotatable bonds is 6. The van der Waals surface area contributed by atoms with Crippen LogP contribution >= 0.6 is 11.3 Å². The first kappa shape index (κ1) is 13.7. The molecule has 0 aliphatic carbocycles. The summed E-state index contributed by atoms with van der Waals surface area (Å²) in [5.74, 6) is 0.447. The quantitative estimate of drug-likeness (QED) is 0.801. The van der Waals surface area contributed by atoms with Gasteiger partial charge in [-0.15, -0.1) is 0 Å². The van der Waals surface area contributed by atoms with Crippen LogP contribution in [0, 0.1) is 0 Å². The minimum Gasteiger partial charge on any atom is -0.492 e. The molecule has 1 aromatic carbocycles. The van der Waals surface area contributed by atoms with Gasteiger partial charge in [-0.25, -0.2) is 8.42 Å². The summed E-state index contributed by atoms with van der Waals surface area (Å²) in [5, 5.41) is 3.54. The van der Waals surface area contributed by atoms with E-state index < -0.39 is 10.0 Å². The second-order valence-electron chi connectivity index (χ2n) is 3.85. The average Bonchev–Trinajstić information content (AvgIpc) is 2.80. The lowest BCUT2D eigenvalue weighted by molar-refractivity contribution is 0.341. The molecule has 0 aliphatic rings. The Bertz CT molecular complexity index is 624. The lowest BCUT2D eigenvalue weighted by Gasteiger charge is -2.08. The van der Waals surface area contributed by atoms with Crippen molar-refractivity contribution in [3.8, 4) is 5.75 Å². The van der Waals surface area contributed by atoms with Crippen molar-refractivity contribution in [3.63, 3.8) is 0 Å². The zero-order valence-electron chi connectivity index (χ0n) is 10.1. The van der Waals surface area contributed by atoms with Crippen LogP contribution < -0.4 is 15.2 Å². The molecular formula is C12H14N2O3S2. The summed E-state index contributed by atoms with van der Waals surface area (Å²) >= 11 is 1.43. The van der Waals surface area contributed by atoms with Gasteiger partial charge in [-0.05, 0) is 23.6 Å². The molecule has 1 aromatic heterocycles. The van der Waals surface area contributed by atoms with Crippen molar-refractivity contribution in [3.05, 3.63) is 41.1 Å². The van der Waals surface area contributed by atoms with Crippen LogP contribution in [0.5, 0.6) is 5.75 Å². The zero-order valence-corrected chi connectivity index (χ0v) is 11.7. The van der Waals surface area contributed by atoms with E-state index >= 15 is 0 Å². The third-order valence-corrected chi connectivity index (χ3v) is 4.21. The summed E-state index contributed by atoms with van der Waals surface area (Å²) in [5.41, 5.74) is 6.76. The summed E-state index contributed by atoms with van der Waals surface area (Å²) in [6.45, 7) is 0.0723. The van der Waals surface area contributed by atoms with Crippen LogP contribution in [0.3, 0.4) is 0 Å². The van der Waals surface area contributed by atoms with Gasteiger partial charge in [-0.3, -0.25) is 4.72 Å². The molecule has 102 valence electrons. The van der Waals surface area contributed by atoms with Crippen LogP contribution in [0.1, 0.15) is 0 Å². The van der Waals surface area contributed by atoms with Gasteiger partial charge in [-0.1, -0.05) is 6.07 Å². The summed E-state index contributed by atoms with van der Waals surface area (Å²) in [6, 6.07) is 8.58. The molecule has 0 saturated heterocycles. The first-order chi connectivity index (χ1) is 9.05. The third-order valence-electron chi connectivity index (χ3n) is 2.27. The molecule has 0 bridgehead atoms. The SMILES string of the molecule is Nc1cccc(OCCS(=O)(=O)Nc2ccsc2)c1. The molecule has 2 aromatic rings. The van der Waals surface area contributed by atoms with Crippen LogP contribution in [0.2, 0.25) is 0 Å². The number of hydrogen-bond donors (Lipinski definition) is 2. The van der Waals surface area contributed by atoms with Crippen LogP contribution in [-0.2, 0) is 10.0 Å². The number of ether oxygens (including phenoxy) is 1. The molecule has 19 heavy (non-hydrogen) atoms. The highest BCUT2D eigenvalue weighted by molar-refractivity contribution is 7.92. The van der Waals surface area contributed by atoms with Crippen molar-refractivity contribution >= 4 is 32.7 Å². The first-order valence-corrected chi connectivity index (χ1v) is 8.16. The topological polar surface area (TPSA) is 81.4 Å². The number of nitrogens with one attached hydrogen (secondary N) is 1. The highest BCUT2D eigenvalue weighted by Gasteiger charge is 2.10. The standard InChI is InChI=1S/C12H14N2O3S2/c13-10-2-1-3-12(8-10)17-5-7-19(15,16)14-11-4-6-18-9-11/h1-4,6,8-9,14H,5,7,13H2. The maximum Gasteiger partial charge on any atom is 0.236 e. The van der Waals surface area contributed by atoms with Crippen molar-refractivity contribution in [2.75, 3.05) is 22.8 Å². The van der Waals surface area contributed by atoms with Gasteiger partial charge >= 0.3 is 0 Å². The van der Waals surface area contributed by atoms with Crippen molar-refractivity contribution in [1.82, 2.24) is 0 Å². The number of sulfonamides is 1. The van der Waals surface area contributed by atoms with Gasteiger partial charge in [0, 0.05) is 17.1 Å². The largest absolute Gasteiger partial charge is 0.492 e. The Morgan fingerprint density at radius 3 is 2.84 bits per heavy atom. The van der Waals surface area contributed by atoms with Gasteiger partial charge < -0.3 is 10.5 Å². The smallest absolute Gasteiger partial charge is 0.236 e. The predicted octanol–water partition coefficient (Wildman–Crippen LogP) is 2.15. The molecule has 0 radical (unpaired) electrons. The van der Waals surface area contributed by atoms with E-state index in [0.717, 1.165) is 0 Å². The molecule has 0 spiro atoms. The normalized spacial score (nSPS) is 11.2. The number of anilines is 2. The second-order valence-corrected chi connectivity index (χ2v) is 6.48. The van der Waals surface area contributed by atoms with E-state index in [-0.39, 0.29) is 12.4 Å². The predicted molar refractivity (Wildman–Crippen MR) is 78.1 cm³/mol. The number of thiophene rings is 1. The molecule has 0 atom stereocenters. The Hall–Kier alpha value is -1.73. The fourth-order valence-corrected chi connectivity index (χ4v) is 2.98. The maximum absolute atomic E-state index is 11.7. The Kier molecular flexibility index (Phi) is 4.28. The molecular weight excluding hydrogens is 284 g/mol. The first-order valence-electron chi connectivity index (χ1n) is 5.56. The number of nitrogens with two attached hydrogens (primary N) is 1. The maximum atomic E-state index is 11.7. The fraction of sp³-hybridized carbons (Fsp3) is 0.167.